The molecule has 1 aliphatic rings. The highest BCUT2D eigenvalue weighted by atomic mass is 16.3. The van der Waals surface area contributed by atoms with Gasteiger partial charge in [0.25, 0.3) is 5.91 Å². The van der Waals surface area contributed by atoms with Crippen LogP contribution >= 0.6 is 0 Å². The Morgan fingerprint density at radius 1 is 1.16 bits per heavy atom. The number of hydrazone groups is 1. The summed E-state index contributed by atoms with van der Waals surface area (Å²) in [7, 11) is 1.64. The predicted octanol–water partition coefficient (Wildman–Crippen LogP) is 1.08. The molecule has 8 nitrogen and oxygen atoms in total. The van der Waals surface area contributed by atoms with E-state index in [-0.39, 0.29) is 17.9 Å². The molecule has 2 atom stereocenters. The zero-order chi connectivity index (χ0) is 22.4. The number of nitrogens with zero attached hydrogens (tertiary/aromatic N) is 3. The van der Waals surface area contributed by atoms with Crippen LogP contribution in [0, 0.1) is 0 Å². The van der Waals surface area contributed by atoms with Crippen molar-refractivity contribution in [2.45, 2.75) is 38.1 Å². The molecule has 31 heavy (non-hydrogen) atoms. The number of aromatic hydroxyl groups is 1. The molecule has 3 rings (SSSR count). The third-order valence-corrected chi connectivity index (χ3v) is 5.25. The number of aliphatic hydroxyl groups excluding tert-OH is 2. The van der Waals surface area contributed by atoms with Gasteiger partial charge < -0.3 is 25.0 Å². The largest absolute Gasteiger partial charge is 0.508 e. The number of hydrogen-bond donors (Lipinski definition) is 3. The molecule has 0 spiro atoms. The minimum atomic E-state index is -1.72. The summed E-state index contributed by atoms with van der Waals surface area (Å²) in [5.74, 6) is -0.483. The van der Waals surface area contributed by atoms with E-state index in [1.165, 1.54) is 15.5 Å². The Morgan fingerprint density at radius 2 is 1.90 bits per heavy atom. The Morgan fingerprint density at radius 3 is 2.61 bits per heavy atom. The van der Waals surface area contributed by atoms with E-state index in [2.05, 4.69) is 5.10 Å². The Labute approximate surface area is 181 Å². The van der Waals surface area contributed by atoms with Crippen molar-refractivity contribution in [2.24, 2.45) is 5.10 Å². The minimum absolute atomic E-state index is 0.00378. The SMILES string of the molecule is CN(Cc1cccc(O)c1)/N=C(\CC=O)[C@H](O)[C@@H](O)C(=O)N1CCc2ccccc2C1. The summed E-state index contributed by atoms with van der Waals surface area (Å²) in [6, 6.07) is 14.4. The molecule has 0 bridgehead atoms. The Balaban J connectivity index is 1.69. The van der Waals surface area contributed by atoms with E-state index in [0.29, 0.717) is 32.3 Å². The molecule has 1 heterocycles. The van der Waals surface area contributed by atoms with E-state index >= 15 is 0 Å². The first-order chi connectivity index (χ1) is 14.9. The van der Waals surface area contributed by atoms with Crippen LogP contribution in [0.5, 0.6) is 5.75 Å². The molecule has 0 fully saturated rings. The topological polar surface area (TPSA) is 114 Å². The van der Waals surface area contributed by atoms with Crippen LogP contribution in [0.25, 0.3) is 0 Å². The van der Waals surface area contributed by atoms with Gasteiger partial charge in [0.2, 0.25) is 0 Å². The van der Waals surface area contributed by atoms with Crippen molar-refractivity contribution < 1.29 is 24.9 Å². The first-order valence-corrected chi connectivity index (χ1v) is 10.1. The van der Waals surface area contributed by atoms with E-state index in [0.717, 1.165) is 11.1 Å². The quantitative estimate of drug-likeness (QED) is 0.331. The molecular formula is C23H27N3O5. The van der Waals surface area contributed by atoms with Gasteiger partial charge in [0, 0.05) is 26.6 Å². The van der Waals surface area contributed by atoms with Gasteiger partial charge in [-0.1, -0.05) is 36.4 Å². The number of carbonyl (C=O) groups is 2. The number of amides is 1. The molecular weight excluding hydrogens is 398 g/mol. The summed E-state index contributed by atoms with van der Waals surface area (Å²) >= 11 is 0. The van der Waals surface area contributed by atoms with E-state index in [4.69, 9.17) is 0 Å². The van der Waals surface area contributed by atoms with Gasteiger partial charge in [-0.05, 0) is 35.2 Å². The van der Waals surface area contributed by atoms with Gasteiger partial charge in [-0.2, -0.15) is 5.10 Å². The molecule has 0 saturated carbocycles. The Bertz CT molecular complexity index is 962. The molecule has 0 saturated heterocycles. The number of fused-ring (bicyclic) bond motifs is 1. The van der Waals surface area contributed by atoms with Crippen molar-refractivity contribution in [1.29, 1.82) is 0 Å². The van der Waals surface area contributed by atoms with Crippen molar-refractivity contribution in [3.8, 4) is 5.75 Å². The standard InChI is InChI=1S/C23H27N3O5/c1-25(14-16-5-4-8-19(28)13-16)24-20(10-12-27)21(29)22(30)23(31)26-11-9-17-6-2-3-7-18(17)15-26/h2-8,12-13,21-22,28-30H,9-11,14-15H2,1H3/b24-20+/t21-,22+/m0/s1. The Hall–Kier alpha value is -3.23. The van der Waals surface area contributed by atoms with E-state index < -0.39 is 18.1 Å². The van der Waals surface area contributed by atoms with Crippen molar-refractivity contribution in [3.05, 3.63) is 65.2 Å². The first kappa shape index (κ1) is 22.5. The summed E-state index contributed by atoms with van der Waals surface area (Å²) < 4.78 is 0. The molecule has 0 aromatic heterocycles. The van der Waals surface area contributed by atoms with Gasteiger partial charge in [-0.25, -0.2) is 0 Å². The maximum Gasteiger partial charge on any atom is 0.254 e. The van der Waals surface area contributed by atoms with Gasteiger partial charge in [0.1, 0.15) is 18.1 Å². The van der Waals surface area contributed by atoms with Crippen LogP contribution in [0.4, 0.5) is 0 Å². The van der Waals surface area contributed by atoms with Crippen molar-refractivity contribution in [2.75, 3.05) is 13.6 Å². The number of carbonyl (C=O) groups excluding carboxylic acids is 2. The van der Waals surface area contributed by atoms with Crippen molar-refractivity contribution >= 4 is 17.9 Å². The number of aldehydes is 1. The number of aliphatic hydroxyl groups is 2. The molecule has 2 aromatic rings. The number of benzene rings is 2. The lowest BCUT2D eigenvalue weighted by molar-refractivity contribution is -0.144. The number of hydrogen-bond acceptors (Lipinski definition) is 7. The van der Waals surface area contributed by atoms with Gasteiger partial charge in [0.15, 0.2) is 6.10 Å². The molecule has 2 aromatic carbocycles. The summed E-state index contributed by atoms with van der Waals surface area (Å²) in [6.45, 7) is 1.10. The lowest BCUT2D eigenvalue weighted by Crippen LogP contribution is -2.49. The average molecular weight is 425 g/mol. The van der Waals surface area contributed by atoms with Crippen LogP contribution in [-0.2, 0) is 29.1 Å². The van der Waals surface area contributed by atoms with Gasteiger partial charge in [-0.3, -0.25) is 9.80 Å². The molecule has 3 N–H and O–H groups in total. The normalized spacial score (nSPS) is 15.7. The summed E-state index contributed by atoms with van der Waals surface area (Å²) in [5, 5.41) is 36.4. The summed E-state index contributed by atoms with van der Waals surface area (Å²) in [4.78, 5) is 25.4. The first-order valence-electron chi connectivity index (χ1n) is 10.1. The third-order valence-electron chi connectivity index (χ3n) is 5.25. The molecule has 164 valence electrons. The Kier molecular flexibility index (Phi) is 7.38. The smallest absolute Gasteiger partial charge is 0.254 e. The van der Waals surface area contributed by atoms with Gasteiger partial charge >= 0.3 is 0 Å². The lowest BCUT2D eigenvalue weighted by Gasteiger charge is -2.31. The van der Waals surface area contributed by atoms with E-state index in [1.807, 2.05) is 24.3 Å². The maximum absolute atomic E-state index is 12.8. The van der Waals surface area contributed by atoms with Gasteiger partial charge in [0.05, 0.1) is 12.3 Å². The number of phenols is 1. The zero-order valence-electron chi connectivity index (χ0n) is 17.4. The second kappa shape index (κ2) is 10.2. The minimum Gasteiger partial charge on any atom is -0.508 e. The van der Waals surface area contributed by atoms with Crippen LogP contribution in [0.2, 0.25) is 0 Å². The predicted molar refractivity (Wildman–Crippen MR) is 115 cm³/mol. The third kappa shape index (κ3) is 5.68. The molecule has 1 amide bonds. The van der Waals surface area contributed by atoms with Crippen molar-refractivity contribution in [1.82, 2.24) is 9.91 Å². The molecule has 1 aliphatic heterocycles. The second-order valence-electron chi connectivity index (χ2n) is 7.62. The number of phenolic OH excluding ortho intramolecular Hbond substituents is 1. The molecule has 0 unspecified atom stereocenters. The van der Waals surface area contributed by atoms with Gasteiger partial charge in [-0.15, -0.1) is 0 Å². The summed E-state index contributed by atoms with van der Waals surface area (Å²) in [5.41, 5.74) is 2.94. The maximum atomic E-state index is 12.8. The highest BCUT2D eigenvalue weighted by Crippen LogP contribution is 2.20. The zero-order valence-corrected chi connectivity index (χ0v) is 17.4. The fourth-order valence-corrected chi connectivity index (χ4v) is 3.67. The van der Waals surface area contributed by atoms with E-state index in [9.17, 15) is 24.9 Å². The highest BCUT2D eigenvalue weighted by molar-refractivity contribution is 6.00. The van der Waals surface area contributed by atoms with Crippen molar-refractivity contribution in [3.63, 3.8) is 0 Å². The van der Waals surface area contributed by atoms with Crippen LogP contribution in [0.15, 0.2) is 53.6 Å². The van der Waals surface area contributed by atoms with Crippen LogP contribution in [0.3, 0.4) is 0 Å². The van der Waals surface area contributed by atoms with Crippen LogP contribution < -0.4 is 0 Å². The lowest BCUT2D eigenvalue weighted by atomic mass is 9.98. The molecule has 8 heteroatoms. The fourth-order valence-electron chi connectivity index (χ4n) is 3.67. The van der Waals surface area contributed by atoms with Crippen LogP contribution in [0.1, 0.15) is 23.1 Å². The summed E-state index contributed by atoms with van der Waals surface area (Å²) in [6.07, 6.45) is -2.32. The average Bonchev–Trinajstić information content (AvgIpc) is 2.77. The second-order valence-corrected chi connectivity index (χ2v) is 7.62. The fraction of sp³-hybridized carbons (Fsp3) is 0.348. The highest BCUT2D eigenvalue weighted by Gasteiger charge is 2.33. The monoisotopic (exact) mass is 425 g/mol. The van der Waals surface area contributed by atoms with E-state index in [1.54, 1.807) is 31.3 Å². The number of rotatable bonds is 8. The molecule has 0 aliphatic carbocycles. The van der Waals surface area contributed by atoms with Crippen LogP contribution in [-0.4, -0.2) is 68.9 Å². The molecule has 0 radical (unpaired) electrons.